The Hall–Kier alpha value is -0.0800. The number of nitrogens with one attached hydrogen (secondary N) is 1. The van der Waals surface area contributed by atoms with Crippen LogP contribution in [-0.2, 0) is 0 Å². The van der Waals surface area contributed by atoms with Crippen LogP contribution < -0.4 is 5.32 Å². The Balaban J connectivity index is 1.57. The first kappa shape index (κ1) is 10.1. The Morgan fingerprint density at radius 2 is 1.93 bits per heavy atom. The van der Waals surface area contributed by atoms with Gasteiger partial charge in [0.1, 0.15) is 0 Å². The summed E-state index contributed by atoms with van der Waals surface area (Å²) in [7, 11) is 0. The first-order chi connectivity index (χ1) is 7.36. The summed E-state index contributed by atoms with van der Waals surface area (Å²) in [5, 5.41) is 3.96. The lowest BCUT2D eigenvalue weighted by atomic mass is 9.83. The molecule has 86 valence electrons. The fourth-order valence-corrected chi connectivity index (χ4v) is 3.51. The lowest BCUT2D eigenvalue weighted by molar-refractivity contribution is 0.0651. The molecule has 0 amide bonds. The quantitative estimate of drug-likeness (QED) is 0.758. The van der Waals surface area contributed by atoms with Gasteiger partial charge in [-0.3, -0.25) is 0 Å². The Kier molecular flexibility index (Phi) is 2.73. The SMILES string of the molecule is CCC(NC1CN2CCC1CC2)C1CC1. The maximum atomic E-state index is 3.96. The summed E-state index contributed by atoms with van der Waals surface area (Å²) in [4.78, 5) is 2.65. The molecule has 0 aromatic heterocycles. The van der Waals surface area contributed by atoms with Crippen LogP contribution in [0.1, 0.15) is 39.0 Å². The number of nitrogens with zero attached hydrogens (tertiary/aromatic N) is 1. The van der Waals surface area contributed by atoms with Gasteiger partial charge in [0.05, 0.1) is 0 Å². The van der Waals surface area contributed by atoms with E-state index in [-0.39, 0.29) is 0 Å². The van der Waals surface area contributed by atoms with Crippen LogP contribution in [0.2, 0.25) is 0 Å². The molecule has 1 aliphatic carbocycles. The summed E-state index contributed by atoms with van der Waals surface area (Å²) in [6, 6.07) is 1.65. The molecule has 0 aromatic carbocycles. The van der Waals surface area contributed by atoms with Gasteiger partial charge in [0, 0.05) is 18.6 Å². The van der Waals surface area contributed by atoms with Crippen molar-refractivity contribution >= 4 is 0 Å². The van der Waals surface area contributed by atoms with Gasteiger partial charge in [-0.05, 0) is 57.0 Å². The summed E-state index contributed by atoms with van der Waals surface area (Å²) in [6.07, 6.45) is 7.17. The number of hydrogen-bond donors (Lipinski definition) is 1. The Bertz CT molecular complexity index is 217. The average Bonchev–Trinajstić information content (AvgIpc) is 3.11. The highest BCUT2D eigenvalue weighted by atomic mass is 15.2. The van der Waals surface area contributed by atoms with Gasteiger partial charge in [0.2, 0.25) is 0 Å². The Morgan fingerprint density at radius 1 is 1.20 bits per heavy atom. The topological polar surface area (TPSA) is 15.3 Å². The summed E-state index contributed by atoms with van der Waals surface area (Å²) < 4.78 is 0. The molecule has 2 unspecified atom stereocenters. The molecular weight excluding hydrogens is 184 g/mol. The maximum Gasteiger partial charge on any atom is 0.0226 e. The van der Waals surface area contributed by atoms with Crippen LogP contribution in [0.4, 0.5) is 0 Å². The standard InChI is InChI=1S/C13H24N2/c1-2-12(10-3-4-10)14-13-9-15-7-5-11(13)6-8-15/h10-14H,2-9H2,1H3. The number of hydrogen-bond acceptors (Lipinski definition) is 2. The van der Waals surface area contributed by atoms with Crippen LogP contribution >= 0.6 is 0 Å². The first-order valence-corrected chi connectivity index (χ1v) is 6.85. The lowest BCUT2D eigenvalue weighted by Gasteiger charge is -2.46. The molecule has 15 heavy (non-hydrogen) atoms. The minimum absolute atomic E-state index is 0.818. The lowest BCUT2D eigenvalue weighted by Crippen LogP contribution is -2.58. The fraction of sp³-hybridized carbons (Fsp3) is 1.00. The predicted octanol–water partition coefficient (Wildman–Crippen LogP) is 1.86. The molecule has 1 saturated carbocycles. The number of fused-ring (bicyclic) bond motifs is 3. The molecule has 4 aliphatic rings. The largest absolute Gasteiger partial charge is 0.309 e. The molecule has 2 bridgehead atoms. The van der Waals surface area contributed by atoms with Crippen molar-refractivity contribution in [3.8, 4) is 0 Å². The van der Waals surface area contributed by atoms with Gasteiger partial charge >= 0.3 is 0 Å². The predicted molar refractivity (Wildman–Crippen MR) is 62.9 cm³/mol. The van der Waals surface area contributed by atoms with Crippen molar-refractivity contribution in [1.82, 2.24) is 10.2 Å². The molecule has 3 aliphatic heterocycles. The smallest absolute Gasteiger partial charge is 0.0226 e. The highest BCUT2D eigenvalue weighted by Crippen LogP contribution is 2.36. The van der Waals surface area contributed by atoms with Crippen LogP contribution in [0.3, 0.4) is 0 Å². The van der Waals surface area contributed by atoms with E-state index < -0.39 is 0 Å². The molecule has 0 spiro atoms. The monoisotopic (exact) mass is 208 g/mol. The van der Waals surface area contributed by atoms with E-state index in [1.54, 1.807) is 0 Å². The first-order valence-electron chi connectivity index (χ1n) is 6.85. The van der Waals surface area contributed by atoms with Gasteiger partial charge in [0.15, 0.2) is 0 Å². The molecular formula is C13H24N2. The minimum Gasteiger partial charge on any atom is -0.309 e. The maximum absolute atomic E-state index is 3.96. The average molecular weight is 208 g/mol. The van der Waals surface area contributed by atoms with E-state index in [4.69, 9.17) is 0 Å². The van der Waals surface area contributed by atoms with E-state index in [9.17, 15) is 0 Å². The highest BCUT2D eigenvalue weighted by molar-refractivity contribution is 4.95. The zero-order chi connectivity index (χ0) is 10.3. The fourth-order valence-electron chi connectivity index (χ4n) is 3.51. The summed E-state index contributed by atoms with van der Waals surface area (Å²) in [5.74, 6) is 2.01. The van der Waals surface area contributed by atoms with Crippen LogP contribution in [0.5, 0.6) is 0 Å². The molecule has 4 fully saturated rings. The van der Waals surface area contributed by atoms with E-state index in [0.29, 0.717) is 0 Å². The van der Waals surface area contributed by atoms with Gasteiger partial charge in [0.25, 0.3) is 0 Å². The van der Waals surface area contributed by atoms with Gasteiger partial charge in [-0.2, -0.15) is 0 Å². The van der Waals surface area contributed by atoms with Crippen molar-refractivity contribution in [2.75, 3.05) is 19.6 Å². The van der Waals surface area contributed by atoms with Crippen molar-refractivity contribution in [2.45, 2.75) is 51.1 Å². The Morgan fingerprint density at radius 3 is 2.40 bits per heavy atom. The summed E-state index contributed by atoms with van der Waals surface area (Å²) in [5.41, 5.74) is 0. The van der Waals surface area contributed by atoms with Gasteiger partial charge in [-0.15, -0.1) is 0 Å². The molecule has 4 rings (SSSR count). The molecule has 0 aromatic rings. The van der Waals surface area contributed by atoms with E-state index in [1.807, 2.05) is 0 Å². The van der Waals surface area contributed by atoms with E-state index >= 15 is 0 Å². The van der Waals surface area contributed by atoms with E-state index in [2.05, 4.69) is 17.1 Å². The van der Waals surface area contributed by atoms with Crippen LogP contribution in [0.25, 0.3) is 0 Å². The second kappa shape index (κ2) is 4.06. The third-order valence-corrected chi connectivity index (χ3v) is 4.72. The van der Waals surface area contributed by atoms with Crippen molar-refractivity contribution in [2.24, 2.45) is 11.8 Å². The molecule has 2 atom stereocenters. The van der Waals surface area contributed by atoms with Crippen molar-refractivity contribution in [1.29, 1.82) is 0 Å². The van der Waals surface area contributed by atoms with Gasteiger partial charge in [-0.1, -0.05) is 6.92 Å². The van der Waals surface area contributed by atoms with E-state index in [0.717, 1.165) is 23.9 Å². The zero-order valence-corrected chi connectivity index (χ0v) is 9.91. The van der Waals surface area contributed by atoms with Crippen LogP contribution in [0.15, 0.2) is 0 Å². The summed E-state index contributed by atoms with van der Waals surface area (Å²) in [6.45, 7) is 6.40. The van der Waals surface area contributed by atoms with E-state index in [1.165, 1.54) is 51.7 Å². The third-order valence-electron chi connectivity index (χ3n) is 4.72. The molecule has 2 nitrogen and oxygen atoms in total. The molecule has 0 radical (unpaired) electrons. The molecule has 3 saturated heterocycles. The summed E-state index contributed by atoms with van der Waals surface area (Å²) >= 11 is 0. The van der Waals surface area contributed by atoms with Crippen LogP contribution in [-0.4, -0.2) is 36.6 Å². The van der Waals surface area contributed by atoms with Crippen LogP contribution in [0, 0.1) is 11.8 Å². The normalized spacial score (nSPS) is 41.8. The third kappa shape index (κ3) is 2.07. The Labute approximate surface area is 93.4 Å². The molecule has 2 heteroatoms. The highest BCUT2D eigenvalue weighted by Gasteiger charge is 2.37. The molecule has 1 N–H and O–H groups in total. The van der Waals surface area contributed by atoms with Crippen molar-refractivity contribution in [3.05, 3.63) is 0 Å². The van der Waals surface area contributed by atoms with Crippen molar-refractivity contribution in [3.63, 3.8) is 0 Å². The zero-order valence-electron chi connectivity index (χ0n) is 9.91. The second-order valence-corrected chi connectivity index (χ2v) is 5.76. The molecule has 3 heterocycles. The minimum atomic E-state index is 0.818. The second-order valence-electron chi connectivity index (χ2n) is 5.76. The van der Waals surface area contributed by atoms with Gasteiger partial charge < -0.3 is 10.2 Å². The van der Waals surface area contributed by atoms with Crippen molar-refractivity contribution < 1.29 is 0 Å². The number of rotatable bonds is 4. The van der Waals surface area contributed by atoms with Gasteiger partial charge in [-0.25, -0.2) is 0 Å². The number of piperidine rings is 3.